The summed E-state index contributed by atoms with van der Waals surface area (Å²) in [5, 5.41) is 0. The fraction of sp³-hybridized carbons (Fsp3) is 0.133. The fourth-order valence-electron chi connectivity index (χ4n) is 2.29. The van der Waals surface area contributed by atoms with Gasteiger partial charge in [-0.25, -0.2) is 0 Å². The Morgan fingerprint density at radius 2 is 1.24 bits per heavy atom. The van der Waals surface area contributed by atoms with Crippen LogP contribution in [0.3, 0.4) is 0 Å². The molecule has 0 saturated carbocycles. The van der Waals surface area contributed by atoms with Gasteiger partial charge in [0.1, 0.15) is 0 Å². The lowest BCUT2D eigenvalue weighted by Crippen LogP contribution is -2.45. The van der Waals surface area contributed by atoms with Crippen molar-refractivity contribution in [3.05, 3.63) is 71.8 Å². The maximum absolute atomic E-state index is 11.2. The largest absolute Gasteiger partial charge is 0.448 e. The SMILES string of the molecule is O=C1CC(c2ccccc2)(c2ccccc2)O1. The smallest absolute Gasteiger partial charge is 0.311 e. The molecule has 0 bridgehead atoms. The average Bonchev–Trinajstić information content (AvgIpc) is 2.37. The Bertz CT molecular complexity index is 482. The van der Waals surface area contributed by atoms with E-state index >= 15 is 0 Å². The van der Waals surface area contributed by atoms with Crippen molar-refractivity contribution < 1.29 is 9.53 Å². The lowest BCUT2D eigenvalue weighted by Gasteiger charge is -2.41. The van der Waals surface area contributed by atoms with E-state index in [0.29, 0.717) is 6.42 Å². The molecular weight excluding hydrogens is 212 g/mol. The Morgan fingerprint density at radius 1 is 0.824 bits per heavy atom. The summed E-state index contributed by atoms with van der Waals surface area (Å²) in [6.45, 7) is 0. The Kier molecular flexibility index (Phi) is 2.22. The number of esters is 1. The Morgan fingerprint density at radius 3 is 1.59 bits per heavy atom. The van der Waals surface area contributed by atoms with Crippen LogP contribution < -0.4 is 0 Å². The second-order valence-corrected chi connectivity index (χ2v) is 4.21. The monoisotopic (exact) mass is 224 g/mol. The van der Waals surface area contributed by atoms with Gasteiger partial charge in [-0.05, 0) is 0 Å². The molecule has 84 valence electrons. The van der Waals surface area contributed by atoms with Crippen LogP contribution in [0.2, 0.25) is 0 Å². The van der Waals surface area contributed by atoms with Gasteiger partial charge in [0.25, 0.3) is 0 Å². The molecule has 1 aliphatic heterocycles. The van der Waals surface area contributed by atoms with Gasteiger partial charge in [0.2, 0.25) is 0 Å². The van der Waals surface area contributed by atoms with Gasteiger partial charge in [0.15, 0.2) is 5.60 Å². The highest BCUT2D eigenvalue weighted by Gasteiger charge is 2.48. The number of benzene rings is 2. The number of rotatable bonds is 2. The van der Waals surface area contributed by atoms with Crippen LogP contribution in [0, 0.1) is 0 Å². The summed E-state index contributed by atoms with van der Waals surface area (Å²) in [5.41, 5.74) is 1.50. The number of carbonyl (C=O) groups is 1. The summed E-state index contributed by atoms with van der Waals surface area (Å²) in [6.07, 6.45) is 0.418. The van der Waals surface area contributed by atoms with E-state index in [9.17, 15) is 4.79 Å². The van der Waals surface area contributed by atoms with E-state index in [1.807, 2.05) is 60.7 Å². The molecule has 0 aliphatic carbocycles. The van der Waals surface area contributed by atoms with Gasteiger partial charge in [-0.2, -0.15) is 0 Å². The molecule has 1 heterocycles. The topological polar surface area (TPSA) is 26.3 Å². The molecule has 2 aromatic rings. The highest BCUT2D eigenvalue weighted by Crippen LogP contribution is 2.44. The van der Waals surface area contributed by atoms with Crippen LogP contribution >= 0.6 is 0 Å². The van der Waals surface area contributed by atoms with Crippen molar-refractivity contribution in [2.75, 3.05) is 0 Å². The van der Waals surface area contributed by atoms with Crippen molar-refractivity contribution in [2.24, 2.45) is 0 Å². The molecule has 0 spiro atoms. The summed E-state index contributed by atoms with van der Waals surface area (Å²) in [5.74, 6) is -0.141. The van der Waals surface area contributed by atoms with Crippen LogP contribution in [0.25, 0.3) is 0 Å². The first-order valence-electron chi connectivity index (χ1n) is 5.64. The molecular formula is C15H12O2. The minimum Gasteiger partial charge on any atom is -0.448 e. The van der Waals surface area contributed by atoms with E-state index in [1.165, 1.54) is 0 Å². The zero-order chi connectivity index (χ0) is 11.7. The molecule has 0 amide bonds. The van der Waals surface area contributed by atoms with Gasteiger partial charge in [-0.3, -0.25) is 4.79 Å². The molecule has 2 aromatic carbocycles. The Balaban J connectivity index is 2.09. The number of ether oxygens (including phenoxy) is 1. The van der Waals surface area contributed by atoms with Crippen molar-refractivity contribution in [3.63, 3.8) is 0 Å². The summed E-state index contributed by atoms with van der Waals surface area (Å²) >= 11 is 0. The molecule has 2 heteroatoms. The summed E-state index contributed by atoms with van der Waals surface area (Å²) < 4.78 is 5.46. The van der Waals surface area contributed by atoms with Gasteiger partial charge in [-0.1, -0.05) is 60.7 Å². The second-order valence-electron chi connectivity index (χ2n) is 4.21. The molecule has 1 fully saturated rings. The van der Waals surface area contributed by atoms with Crippen LogP contribution in [0.4, 0.5) is 0 Å². The van der Waals surface area contributed by atoms with Crippen LogP contribution in [-0.2, 0) is 15.1 Å². The predicted molar refractivity (Wildman–Crippen MR) is 64.4 cm³/mol. The van der Waals surface area contributed by atoms with Gasteiger partial charge < -0.3 is 4.74 Å². The standard InChI is InChI=1S/C15H12O2/c16-14-11-15(17-14,12-7-3-1-4-8-12)13-9-5-2-6-10-13/h1-10H,11H2. The second kappa shape index (κ2) is 3.74. The third kappa shape index (κ3) is 1.53. The van der Waals surface area contributed by atoms with Crippen molar-refractivity contribution in [3.8, 4) is 0 Å². The predicted octanol–water partition coefficient (Wildman–Crippen LogP) is 2.88. The molecule has 1 saturated heterocycles. The summed E-state index contributed by atoms with van der Waals surface area (Å²) in [6, 6.07) is 19.8. The number of hydrogen-bond donors (Lipinski definition) is 0. The zero-order valence-electron chi connectivity index (χ0n) is 9.30. The quantitative estimate of drug-likeness (QED) is 0.733. The van der Waals surface area contributed by atoms with Crippen molar-refractivity contribution in [1.29, 1.82) is 0 Å². The molecule has 0 N–H and O–H groups in total. The van der Waals surface area contributed by atoms with E-state index in [-0.39, 0.29) is 5.97 Å². The van der Waals surface area contributed by atoms with Gasteiger partial charge in [-0.15, -0.1) is 0 Å². The van der Waals surface area contributed by atoms with Crippen LogP contribution in [-0.4, -0.2) is 5.97 Å². The number of cyclic esters (lactones) is 1. The molecule has 0 aromatic heterocycles. The normalized spacial score (nSPS) is 17.1. The Labute approximate surface area is 99.9 Å². The molecule has 0 atom stereocenters. The minimum absolute atomic E-state index is 0.141. The lowest BCUT2D eigenvalue weighted by atomic mass is 9.80. The van der Waals surface area contributed by atoms with Gasteiger partial charge in [0, 0.05) is 11.1 Å². The lowest BCUT2D eigenvalue weighted by molar-refractivity contribution is -0.185. The molecule has 2 nitrogen and oxygen atoms in total. The van der Waals surface area contributed by atoms with E-state index in [1.54, 1.807) is 0 Å². The molecule has 0 unspecified atom stereocenters. The van der Waals surface area contributed by atoms with E-state index in [2.05, 4.69) is 0 Å². The molecule has 0 radical (unpaired) electrons. The first-order chi connectivity index (χ1) is 8.31. The van der Waals surface area contributed by atoms with Crippen LogP contribution in [0.1, 0.15) is 17.5 Å². The molecule has 3 rings (SSSR count). The maximum Gasteiger partial charge on any atom is 0.311 e. The van der Waals surface area contributed by atoms with E-state index in [0.717, 1.165) is 11.1 Å². The molecule has 1 aliphatic rings. The van der Waals surface area contributed by atoms with Gasteiger partial charge >= 0.3 is 5.97 Å². The first-order valence-corrected chi connectivity index (χ1v) is 5.64. The van der Waals surface area contributed by atoms with E-state index < -0.39 is 5.60 Å². The fourth-order valence-corrected chi connectivity index (χ4v) is 2.29. The minimum atomic E-state index is -0.570. The summed E-state index contributed by atoms with van der Waals surface area (Å²) in [7, 11) is 0. The highest BCUT2D eigenvalue weighted by molar-refractivity contribution is 5.79. The van der Waals surface area contributed by atoms with Gasteiger partial charge in [0.05, 0.1) is 6.42 Å². The average molecular weight is 224 g/mol. The van der Waals surface area contributed by atoms with E-state index in [4.69, 9.17) is 4.74 Å². The van der Waals surface area contributed by atoms with Crippen molar-refractivity contribution in [1.82, 2.24) is 0 Å². The van der Waals surface area contributed by atoms with Crippen molar-refractivity contribution >= 4 is 5.97 Å². The van der Waals surface area contributed by atoms with Crippen LogP contribution in [0.5, 0.6) is 0 Å². The Hall–Kier alpha value is -2.09. The number of hydrogen-bond acceptors (Lipinski definition) is 2. The highest BCUT2D eigenvalue weighted by atomic mass is 16.6. The zero-order valence-corrected chi connectivity index (χ0v) is 9.30. The summed E-state index contributed by atoms with van der Waals surface area (Å²) in [4.78, 5) is 11.2. The first kappa shape index (κ1) is 10.1. The van der Waals surface area contributed by atoms with Crippen LogP contribution in [0.15, 0.2) is 60.7 Å². The maximum atomic E-state index is 11.2. The number of carbonyl (C=O) groups excluding carboxylic acids is 1. The van der Waals surface area contributed by atoms with Crippen molar-refractivity contribution in [2.45, 2.75) is 12.0 Å². The molecule has 17 heavy (non-hydrogen) atoms. The third-order valence-corrected chi connectivity index (χ3v) is 3.16. The third-order valence-electron chi connectivity index (χ3n) is 3.16.